The maximum Gasteiger partial charge on any atom is 0.319 e. The van der Waals surface area contributed by atoms with Gasteiger partial charge >= 0.3 is 6.03 Å². The molecule has 3 nitrogen and oxygen atoms in total. The van der Waals surface area contributed by atoms with Crippen molar-refractivity contribution in [1.82, 2.24) is 9.80 Å². The Kier molecular flexibility index (Phi) is 2.48. The number of hydrogen-bond donors (Lipinski definition) is 0. The lowest BCUT2D eigenvalue weighted by atomic mass is 9.65. The Bertz CT molecular complexity index is 311. The lowest BCUT2D eigenvalue weighted by Gasteiger charge is -2.39. The molecule has 2 amide bonds. The molecule has 1 aliphatic heterocycles. The molecule has 16 heavy (non-hydrogen) atoms. The highest BCUT2D eigenvalue weighted by atomic mass is 16.2. The van der Waals surface area contributed by atoms with Crippen molar-refractivity contribution >= 4 is 6.03 Å². The molecule has 1 saturated carbocycles. The number of urea groups is 1. The maximum atomic E-state index is 12.1. The molecule has 2 rings (SSSR count). The molecule has 1 heterocycles. The first kappa shape index (κ1) is 11.7. The second kappa shape index (κ2) is 3.38. The highest BCUT2D eigenvalue weighted by molar-refractivity contribution is 5.74. The van der Waals surface area contributed by atoms with E-state index in [1.807, 2.05) is 14.1 Å². The summed E-state index contributed by atoms with van der Waals surface area (Å²) in [4.78, 5) is 15.9. The lowest BCUT2D eigenvalue weighted by Crippen LogP contribution is -2.43. The van der Waals surface area contributed by atoms with Crippen molar-refractivity contribution in [1.29, 1.82) is 0 Å². The molecule has 0 aromatic carbocycles. The summed E-state index contributed by atoms with van der Waals surface area (Å²) in [5, 5.41) is 0. The summed E-state index contributed by atoms with van der Waals surface area (Å²) in [7, 11) is 3.69. The Morgan fingerprint density at radius 3 is 2.44 bits per heavy atom. The van der Waals surface area contributed by atoms with E-state index in [0.29, 0.717) is 16.9 Å². The van der Waals surface area contributed by atoms with Gasteiger partial charge in [-0.2, -0.15) is 0 Å². The van der Waals surface area contributed by atoms with Crippen molar-refractivity contribution in [2.24, 2.45) is 10.8 Å². The van der Waals surface area contributed by atoms with Crippen LogP contribution in [0.3, 0.4) is 0 Å². The van der Waals surface area contributed by atoms with Gasteiger partial charge in [0.1, 0.15) is 0 Å². The number of nitrogens with zero attached hydrogens (tertiary/aromatic N) is 2. The van der Waals surface area contributed by atoms with E-state index in [-0.39, 0.29) is 6.03 Å². The smallest absolute Gasteiger partial charge is 0.319 e. The monoisotopic (exact) mass is 224 g/mol. The SMILES string of the molecule is CN(C)C(=O)N1C[C@@]2(C)C[C@H]1CC(C)(C)C2. The number of carbonyl (C=O) groups excluding carboxylic acids is 1. The number of rotatable bonds is 0. The van der Waals surface area contributed by atoms with Gasteiger partial charge in [0.05, 0.1) is 0 Å². The molecule has 2 fully saturated rings. The summed E-state index contributed by atoms with van der Waals surface area (Å²) in [6.07, 6.45) is 3.59. The zero-order chi connectivity index (χ0) is 12.1. The van der Waals surface area contributed by atoms with Crippen LogP contribution in [0, 0.1) is 10.8 Å². The number of hydrogen-bond acceptors (Lipinski definition) is 1. The van der Waals surface area contributed by atoms with Crippen molar-refractivity contribution in [2.75, 3.05) is 20.6 Å². The van der Waals surface area contributed by atoms with Crippen LogP contribution < -0.4 is 0 Å². The topological polar surface area (TPSA) is 23.6 Å². The highest BCUT2D eigenvalue weighted by Gasteiger charge is 2.51. The molecule has 0 radical (unpaired) electrons. The summed E-state index contributed by atoms with van der Waals surface area (Å²) < 4.78 is 0. The summed E-state index contributed by atoms with van der Waals surface area (Å²) in [6.45, 7) is 7.95. The van der Waals surface area contributed by atoms with Crippen molar-refractivity contribution < 1.29 is 4.79 Å². The highest BCUT2D eigenvalue weighted by Crippen LogP contribution is 2.52. The Balaban J connectivity index is 2.19. The molecule has 0 aromatic heterocycles. The molecule has 3 heteroatoms. The average molecular weight is 224 g/mol. The third-order valence-electron chi connectivity index (χ3n) is 4.04. The fourth-order valence-corrected chi connectivity index (χ4v) is 3.94. The van der Waals surface area contributed by atoms with Gasteiger partial charge in [0.2, 0.25) is 0 Å². The van der Waals surface area contributed by atoms with Gasteiger partial charge in [0.25, 0.3) is 0 Å². The molecule has 2 bridgehead atoms. The summed E-state index contributed by atoms with van der Waals surface area (Å²) in [6, 6.07) is 0.648. The molecule has 0 N–H and O–H groups in total. The third kappa shape index (κ3) is 1.92. The third-order valence-corrected chi connectivity index (χ3v) is 4.04. The van der Waals surface area contributed by atoms with E-state index < -0.39 is 0 Å². The van der Waals surface area contributed by atoms with Gasteiger partial charge in [-0.3, -0.25) is 0 Å². The van der Waals surface area contributed by atoms with Gasteiger partial charge in [0, 0.05) is 26.7 Å². The van der Waals surface area contributed by atoms with Crippen molar-refractivity contribution in [2.45, 2.75) is 46.1 Å². The van der Waals surface area contributed by atoms with Crippen molar-refractivity contribution in [3.05, 3.63) is 0 Å². The van der Waals surface area contributed by atoms with E-state index in [9.17, 15) is 4.79 Å². The van der Waals surface area contributed by atoms with Crippen LogP contribution in [-0.2, 0) is 0 Å². The van der Waals surface area contributed by atoms with Gasteiger partial charge in [-0.15, -0.1) is 0 Å². The van der Waals surface area contributed by atoms with Crippen LogP contribution in [0.2, 0.25) is 0 Å². The molecular weight excluding hydrogens is 200 g/mol. The quantitative estimate of drug-likeness (QED) is 0.620. The lowest BCUT2D eigenvalue weighted by molar-refractivity contribution is 0.125. The van der Waals surface area contributed by atoms with E-state index >= 15 is 0 Å². The maximum absolute atomic E-state index is 12.1. The minimum Gasteiger partial charge on any atom is -0.331 e. The molecular formula is C13H24N2O. The van der Waals surface area contributed by atoms with Crippen molar-refractivity contribution in [3.8, 4) is 0 Å². The second-order valence-corrected chi connectivity index (χ2v) is 7.02. The van der Waals surface area contributed by atoms with Gasteiger partial charge in [-0.05, 0) is 30.1 Å². The zero-order valence-electron chi connectivity index (χ0n) is 11.2. The molecule has 0 unspecified atom stereocenters. The van der Waals surface area contributed by atoms with Gasteiger partial charge in [-0.1, -0.05) is 20.8 Å². The van der Waals surface area contributed by atoms with Crippen LogP contribution in [0.4, 0.5) is 4.79 Å². The van der Waals surface area contributed by atoms with E-state index in [0.717, 1.165) is 13.0 Å². The predicted molar refractivity (Wildman–Crippen MR) is 65.3 cm³/mol. The molecule has 92 valence electrons. The minimum absolute atomic E-state index is 0.187. The molecule has 1 aliphatic carbocycles. The number of amides is 2. The van der Waals surface area contributed by atoms with E-state index in [4.69, 9.17) is 0 Å². The Hall–Kier alpha value is -0.730. The molecule has 1 saturated heterocycles. The van der Waals surface area contributed by atoms with Crippen LogP contribution in [0.15, 0.2) is 0 Å². The minimum atomic E-state index is 0.187. The average Bonchev–Trinajstić information content (AvgIpc) is 2.33. The Morgan fingerprint density at radius 1 is 1.25 bits per heavy atom. The van der Waals surface area contributed by atoms with Crippen LogP contribution >= 0.6 is 0 Å². The number of carbonyl (C=O) groups is 1. The Labute approximate surface area is 98.8 Å². The normalized spacial score (nSPS) is 36.3. The first-order valence-electron chi connectivity index (χ1n) is 6.20. The van der Waals surface area contributed by atoms with E-state index in [1.165, 1.54) is 12.8 Å². The van der Waals surface area contributed by atoms with E-state index in [2.05, 4.69) is 25.7 Å². The van der Waals surface area contributed by atoms with Crippen LogP contribution in [0.5, 0.6) is 0 Å². The molecule has 2 aliphatic rings. The van der Waals surface area contributed by atoms with Gasteiger partial charge in [0.15, 0.2) is 0 Å². The number of likely N-dealkylation sites (tertiary alicyclic amines) is 1. The van der Waals surface area contributed by atoms with Crippen LogP contribution in [0.1, 0.15) is 40.0 Å². The predicted octanol–water partition coefficient (Wildman–Crippen LogP) is 2.57. The molecule has 0 aromatic rings. The zero-order valence-corrected chi connectivity index (χ0v) is 11.2. The fraction of sp³-hybridized carbons (Fsp3) is 0.923. The van der Waals surface area contributed by atoms with Crippen molar-refractivity contribution in [3.63, 3.8) is 0 Å². The first-order valence-corrected chi connectivity index (χ1v) is 6.20. The largest absolute Gasteiger partial charge is 0.331 e. The number of fused-ring (bicyclic) bond motifs is 2. The van der Waals surface area contributed by atoms with Crippen LogP contribution in [-0.4, -0.2) is 42.5 Å². The first-order chi connectivity index (χ1) is 7.22. The second-order valence-electron chi connectivity index (χ2n) is 7.02. The van der Waals surface area contributed by atoms with Gasteiger partial charge in [-0.25, -0.2) is 4.79 Å². The standard InChI is InChI=1S/C13H24N2O/c1-12(2)6-10-7-13(3,8-12)9-15(10)11(16)14(4)5/h10H,6-9H2,1-5H3/t10-,13+/m1/s1. The summed E-state index contributed by atoms with van der Waals surface area (Å²) >= 11 is 0. The summed E-state index contributed by atoms with van der Waals surface area (Å²) in [5.74, 6) is 0. The van der Waals surface area contributed by atoms with Crippen LogP contribution in [0.25, 0.3) is 0 Å². The Morgan fingerprint density at radius 2 is 1.88 bits per heavy atom. The molecule has 0 spiro atoms. The van der Waals surface area contributed by atoms with Gasteiger partial charge < -0.3 is 9.80 Å². The summed E-state index contributed by atoms with van der Waals surface area (Å²) in [5.41, 5.74) is 0.733. The fourth-order valence-electron chi connectivity index (χ4n) is 3.94. The van der Waals surface area contributed by atoms with E-state index in [1.54, 1.807) is 4.90 Å². The molecule has 2 atom stereocenters.